The van der Waals surface area contributed by atoms with E-state index in [9.17, 15) is 8.78 Å². The lowest BCUT2D eigenvalue weighted by Gasteiger charge is -2.33. The molecule has 2 unspecified atom stereocenters. The topological polar surface area (TPSA) is 12.5 Å². The minimum atomic E-state index is -0.307. The van der Waals surface area contributed by atoms with Gasteiger partial charge in [0.15, 0.2) is 0 Å². The van der Waals surface area contributed by atoms with Crippen LogP contribution in [0.2, 0.25) is 0 Å². The van der Waals surface area contributed by atoms with E-state index < -0.39 is 0 Å². The second-order valence-corrected chi connectivity index (χ2v) is 7.21. The van der Waals surface area contributed by atoms with Crippen LogP contribution in [0.15, 0.2) is 48.5 Å². The highest BCUT2D eigenvalue weighted by Crippen LogP contribution is 2.39. The van der Waals surface area contributed by atoms with E-state index in [4.69, 9.17) is 4.74 Å². The first kappa shape index (κ1) is 16.7. The molecule has 0 saturated carbocycles. The fraction of sp³-hybridized carbons (Fsp3) is 0.429. The molecule has 2 bridgehead atoms. The van der Waals surface area contributed by atoms with E-state index in [1.807, 2.05) is 0 Å². The van der Waals surface area contributed by atoms with Crippen molar-refractivity contribution in [2.24, 2.45) is 0 Å². The lowest BCUT2D eigenvalue weighted by molar-refractivity contribution is -0.0126. The monoisotopic (exact) mass is 343 g/mol. The standard InChI is InChI=1S/C21H23F2NO/c1-24-18-3-2-4-19(24)20(13-18)25-21(14-5-9-16(22)10-6-14)15-7-11-17(23)12-8-15/h5-12,18-21H,2-4,13H2,1H3/t18?,19?,20-/m1/s1. The smallest absolute Gasteiger partial charge is 0.123 e. The summed E-state index contributed by atoms with van der Waals surface area (Å²) < 4.78 is 33.2. The van der Waals surface area contributed by atoms with Gasteiger partial charge in [-0.1, -0.05) is 30.7 Å². The molecule has 2 heterocycles. The summed E-state index contributed by atoms with van der Waals surface area (Å²) in [5.41, 5.74) is 1.80. The lowest BCUT2D eigenvalue weighted by atomic mass is 10.00. The molecular weight excluding hydrogens is 320 g/mol. The number of likely N-dealkylation sites (N-methyl/N-ethyl adjacent to an activating group) is 1. The summed E-state index contributed by atoms with van der Waals surface area (Å²) in [5, 5.41) is 0. The van der Waals surface area contributed by atoms with Gasteiger partial charge in [-0.15, -0.1) is 0 Å². The molecule has 0 amide bonds. The van der Waals surface area contributed by atoms with Crippen molar-refractivity contribution < 1.29 is 13.5 Å². The van der Waals surface area contributed by atoms with Crippen LogP contribution in [-0.4, -0.2) is 30.1 Å². The zero-order valence-corrected chi connectivity index (χ0v) is 14.4. The van der Waals surface area contributed by atoms with Gasteiger partial charge in [0.25, 0.3) is 0 Å². The van der Waals surface area contributed by atoms with Crippen molar-refractivity contribution in [3.8, 4) is 0 Å². The Morgan fingerprint density at radius 1 is 0.920 bits per heavy atom. The Morgan fingerprint density at radius 3 is 2.00 bits per heavy atom. The Bertz CT molecular complexity index is 670. The van der Waals surface area contributed by atoms with Gasteiger partial charge in [-0.2, -0.15) is 0 Å². The molecule has 2 aliphatic heterocycles. The molecule has 0 N–H and O–H groups in total. The summed E-state index contributed by atoms with van der Waals surface area (Å²) in [7, 11) is 2.18. The number of hydrogen-bond donors (Lipinski definition) is 0. The van der Waals surface area contributed by atoms with Gasteiger partial charge in [-0.25, -0.2) is 8.78 Å². The fourth-order valence-corrected chi connectivity index (χ4v) is 4.34. The molecule has 2 aromatic carbocycles. The molecule has 0 aliphatic carbocycles. The van der Waals surface area contributed by atoms with E-state index in [0.717, 1.165) is 24.0 Å². The summed E-state index contributed by atoms with van der Waals surface area (Å²) in [6.07, 6.45) is 4.50. The minimum Gasteiger partial charge on any atom is -0.364 e. The molecule has 4 rings (SSSR count). The third kappa shape index (κ3) is 3.33. The highest BCUT2D eigenvalue weighted by Gasteiger charge is 2.43. The third-order valence-corrected chi connectivity index (χ3v) is 5.73. The molecule has 25 heavy (non-hydrogen) atoms. The summed E-state index contributed by atoms with van der Waals surface area (Å²) in [4.78, 5) is 2.44. The fourth-order valence-electron chi connectivity index (χ4n) is 4.34. The summed E-state index contributed by atoms with van der Waals surface area (Å²) in [6, 6.07) is 13.9. The highest BCUT2D eigenvalue weighted by atomic mass is 19.1. The van der Waals surface area contributed by atoms with Gasteiger partial charge in [-0.3, -0.25) is 4.90 Å². The van der Waals surface area contributed by atoms with Crippen LogP contribution in [0.3, 0.4) is 0 Å². The molecule has 2 nitrogen and oxygen atoms in total. The average molecular weight is 343 g/mol. The molecule has 0 aromatic heterocycles. The quantitative estimate of drug-likeness (QED) is 0.798. The van der Waals surface area contributed by atoms with Crippen LogP contribution in [0.1, 0.15) is 42.9 Å². The van der Waals surface area contributed by atoms with Crippen molar-refractivity contribution in [3.05, 3.63) is 71.3 Å². The Labute approximate surface area is 147 Å². The maximum absolute atomic E-state index is 13.3. The molecule has 132 valence electrons. The first-order valence-electron chi connectivity index (χ1n) is 9.00. The highest BCUT2D eigenvalue weighted by molar-refractivity contribution is 5.30. The average Bonchev–Trinajstić information content (AvgIpc) is 2.79. The molecular formula is C21H23F2NO. The van der Waals surface area contributed by atoms with E-state index in [0.29, 0.717) is 12.1 Å². The van der Waals surface area contributed by atoms with Gasteiger partial charge in [0.05, 0.1) is 6.10 Å². The van der Waals surface area contributed by atoms with Gasteiger partial charge in [0, 0.05) is 12.1 Å². The maximum atomic E-state index is 13.3. The van der Waals surface area contributed by atoms with Crippen LogP contribution in [0.4, 0.5) is 8.78 Å². The molecule has 2 saturated heterocycles. The number of benzene rings is 2. The van der Waals surface area contributed by atoms with Crippen molar-refractivity contribution in [1.82, 2.24) is 4.90 Å². The molecule has 2 aliphatic rings. The van der Waals surface area contributed by atoms with Gasteiger partial charge in [-0.05, 0) is 61.7 Å². The lowest BCUT2D eigenvalue weighted by Crippen LogP contribution is -2.39. The first-order chi connectivity index (χ1) is 12.1. The second kappa shape index (κ2) is 6.85. The largest absolute Gasteiger partial charge is 0.364 e. The van der Waals surface area contributed by atoms with Crippen LogP contribution in [0.5, 0.6) is 0 Å². The van der Waals surface area contributed by atoms with Crippen molar-refractivity contribution in [2.45, 2.75) is 50.0 Å². The Hall–Kier alpha value is -1.78. The van der Waals surface area contributed by atoms with Crippen molar-refractivity contribution in [2.75, 3.05) is 7.05 Å². The van der Waals surface area contributed by atoms with E-state index in [2.05, 4.69) is 11.9 Å². The molecule has 0 spiro atoms. The number of fused-ring (bicyclic) bond motifs is 2. The number of piperidine rings is 1. The first-order valence-corrected chi connectivity index (χ1v) is 9.00. The van der Waals surface area contributed by atoms with Crippen molar-refractivity contribution in [3.63, 3.8) is 0 Å². The SMILES string of the molecule is CN1C2CCCC1[C@H](OC(c1ccc(F)cc1)c1ccc(F)cc1)C2. The number of ether oxygens (including phenoxy) is 1. The second-order valence-electron chi connectivity index (χ2n) is 7.21. The van der Waals surface area contributed by atoms with Gasteiger partial charge >= 0.3 is 0 Å². The molecule has 3 atom stereocenters. The predicted octanol–water partition coefficient (Wildman–Crippen LogP) is 4.70. The van der Waals surface area contributed by atoms with E-state index in [-0.39, 0.29) is 23.8 Å². The van der Waals surface area contributed by atoms with E-state index in [1.165, 1.54) is 37.1 Å². The van der Waals surface area contributed by atoms with E-state index >= 15 is 0 Å². The minimum absolute atomic E-state index is 0.151. The van der Waals surface area contributed by atoms with Crippen LogP contribution in [0, 0.1) is 11.6 Å². The van der Waals surface area contributed by atoms with Crippen LogP contribution < -0.4 is 0 Å². The van der Waals surface area contributed by atoms with Crippen LogP contribution in [0.25, 0.3) is 0 Å². The van der Waals surface area contributed by atoms with Crippen molar-refractivity contribution in [1.29, 1.82) is 0 Å². The Kier molecular flexibility index (Phi) is 4.57. The third-order valence-electron chi connectivity index (χ3n) is 5.73. The zero-order chi connectivity index (χ0) is 17.4. The van der Waals surface area contributed by atoms with Gasteiger partial charge < -0.3 is 4.74 Å². The van der Waals surface area contributed by atoms with Crippen LogP contribution >= 0.6 is 0 Å². The number of hydrogen-bond acceptors (Lipinski definition) is 2. The Morgan fingerprint density at radius 2 is 1.48 bits per heavy atom. The number of rotatable bonds is 4. The number of nitrogens with zero attached hydrogens (tertiary/aromatic N) is 1. The number of halogens is 2. The van der Waals surface area contributed by atoms with Gasteiger partial charge in [0.2, 0.25) is 0 Å². The maximum Gasteiger partial charge on any atom is 0.123 e. The van der Waals surface area contributed by atoms with E-state index in [1.54, 1.807) is 24.3 Å². The normalized spacial score (nSPS) is 26.3. The Balaban J connectivity index is 1.63. The molecule has 0 radical (unpaired) electrons. The predicted molar refractivity (Wildman–Crippen MR) is 93.3 cm³/mol. The van der Waals surface area contributed by atoms with Crippen LogP contribution in [-0.2, 0) is 4.74 Å². The molecule has 2 aromatic rings. The van der Waals surface area contributed by atoms with Gasteiger partial charge in [0.1, 0.15) is 17.7 Å². The zero-order valence-electron chi connectivity index (χ0n) is 14.4. The summed E-state index contributed by atoms with van der Waals surface area (Å²) in [6.45, 7) is 0. The van der Waals surface area contributed by atoms with Crippen molar-refractivity contribution >= 4 is 0 Å². The summed E-state index contributed by atoms with van der Waals surface area (Å²) in [5.74, 6) is -0.531. The molecule has 2 fully saturated rings. The molecule has 4 heteroatoms. The summed E-state index contributed by atoms with van der Waals surface area (Å²) >= 11 is 0.